The predicted molar refractivity (Wildman–Crippen MR) is 66.6 cm³/mol. The van der Waals surface area contributed by atoms with E-state index >= 15 is 0 Å². The van der Waals surface area contributed by atoms with E-state index in [1.54, 1.807) is 16.7 Å². The Morgan fingerprint density at radius 2 is 1.76 bits per heavy atom. The van der Waals surface area contributed by atoms with E-state index in [0.717, 1.165) is 0 Å². The second-order valence-corrected chi connectivity index (χ2v) is 4.23. The van der Waals surface area contributed by atoms with Gasteiger partial charge >= 0.3 is 6.09 Å². The number of amides is 2. The molecule has 0 saturated carbocycles. The number of thiocarbonyl (C=S) groups is 1. The minimum absolute atomic E-state index is 0.0824. The van der Waals surface area contributed by atoms with Gasteiger partial charge in [-0.15, -0.1) is 0 Å². The molecule has 1 heterocycles. The number of carbonyl (C=O) groups is 2. The molecule has 0 unspecified atom stereocenters. The fourth-order valence-electron chi connectivity index (χ4n) is 1.61. The van der Waals surface area contributed by atoms with Crippen molar-refractivity contribution >= 4 is 29.2 Å². The zero-order valence-corrected chi connectivity index (χ0v) is 10.7. The largest absolute Gasteiger partial charge is 0.450 e. The van der Waals surface area contributed by atoms with Gasteiger partial charge in [-0.2, -0.15) is 0 Å². The normalized spacial score (nSPS) is 15.6. The Morgan fingerprint density at radius 3 is 2.24 bits per heavy atom. The van der Waals surface area contributed by atoms with Gasteiger partial charge in [-0.25, -0.2) is 4.79 Å². The lowest BCUT2D eigenvalue weighted by Gasteiger charge is -2.34. The van der Waals surface area contributed by atoms with Crippen LogP contribution in [0, 0.1) is 0 Å². The molecule has 7 heteroatoms. The van der Waals surface area contributed by atoms with Crippen molar-refractivity contribution in [1.82, 2.24) is 9.80 Å². The molecule has 6 nitrogen and oxygen atoms in total. The van der Waals surface area contributed by atoms with Crippen LogP contribution in [0.25, 0.3) is 0 Å². The van der Waals surface area contributed by atoms with Gasteiger partial charge < -0.3 is 20.3 Å². The lowest BCUT2D eigenvalue weighted by molar-refractivity contribution is -0.131. The van der Waals surface area contributed by atoms with Crippen LogP contribution in [0.1, 0.15) is 13.3 Å². The third-order valence-corrected chi connectivity index (χ3v) is 2.63. The summed E-state index contributed by atoms with van der Waals surface area (Å²) in [6.45, 7) is 4.10. The van der Waals surface area contributed by atoms with Crippen LogP contribution >= 0.6 is 12.2 Å². The van der Waals surface area contributed by atoms with Crippen LogP contribution in [-0.2, 0) is 9.53 Å². The van der Waals surface area contributed by atoms with Crippen LogP contribution in [-0.4, -0.2) is 59.6 Å². The fourth-order valence-corrected chi connectivity index (χ4v) is 1.74. The zero-order chi connectivity index (χ0) is 12.8. The molecule has 1 rings (SSSR count). The number of hydrogen-bond acceptors (Lipinski definition) is 4. The van der Waals surface area contributed by atoms with Crippen molar-refractivity contribution in [1.29, 1.82) is 0 Å². The molecule has 0 aromatic carbocycles. The first-order valence-corrected chi connectivity index (χ1v) is 5.93. The fraction of sp³-hybridized carbons (Fsp3) is 0.700. The highest BCUT2D eigenvalue weighted by atomic mass is 32.1. The van der Waals surface area contributed by atoms with Gasteiger partial charge in [0.05, 0.1) is 18.0 Å². The lowest BCUT2D eigenvalue weighted by Crippen LogP contribution is -2.51. The molecule has 2 N–H and O–H groups in total. The van der Waals surface area contributed by atoms with E-state index in [4.69, 9.17) is 10.5 Å². The molecule has 1 aliphatic rings. The van der Waals surface area contributed by atoms with Crippen LogP contribution in [0.4, 0.5) is 4.79 Å². The highest BCUT2D eigenvalue weighted by Crippen LogP contribution is 2.05. The van der Waals surface area contributed by atoms with Crippen molar-refractivity contribution in [2.45, 2.75) is 13.3 Å². The Hall–Kier alpha value is -1.37. The van der Waals surface area contributed by atoms with Crippen LogP contribution in [0.3, 0.4) is 0 Å². The Morgan fingerprint density at radius 1 is 1.24 bits per heavy atom. The van der Waals surface area contributed by atoms with Crippen molar-refractivity contribution in [3.8, 4) is 0 Å². The SMILES string of the molecule is CCOC(=O)N1CCN(C(=O)CC(N)=S)CC1. The zero-order valence-electron chi connectivity index (χ0n) is 9.85. The molecular formula is C10H17N3O3S. The van der Waals surface area contributed by atoms with Crippen LogP contribution in [0.15, 0.2) is 0 Å². The lowest BCUT2D eigenvalue weighted by atomic mass is 10.3. The second-order valence-electron chi connectivity index (χ2n) is 3.71. The van der Waals surface area contributed by atoms with Gasteiger partial charge in [-0.1, -0.05) is 12.2 Å². The number of carbonyl (C=O) groups excluding carboxylic acids is 2. The standard InChI is InChI=1S/C10H17N3O3S/c1-2-16-10(15)13-5-3-12(4-6-13)9(14)7-8(11)17/h2-7H2,1H3,(H2,11,17). The molecule has 0 aromatic heterocycles. The number of ether oxygens (including phenoxy) is 1. The second kappa shape index (κ2) is 6.39. The Bertz CT molecular complexity index is 314. The van der Waals surface area contributed by atoms with E-state index in [1.165, 1.54) is 0 Å². The summed E-state index contributed by atoms with van der Waals surface area (Å²) >= 11 is 4.69. The maximum atomic E-state index is 11.6. The highest BCUT2D eigenvalue weighted by Gasteiger charge is 2.24. The van der Waals surface area contributed by atoms with E-state index in [9.17, 15) is 9.59 Å². The molecule has 1 aliphatic heterocycles. The summed E-state index contributed by atoms with van der Waals surface area (Å²) in [5.74, 6) is -0.0824. The molecule has 2 amide bonds. The molecule has 0 radical (unpaired) electrons. The summed E-state index contributed by atoms with van der Waals surface area (Å²) in [4.78, 5) is 26.5. The van der Waals surface area contributed by atoms with Crippen molar-refractivity contribution in [2.75, 3.05) is 32.8 Å². The Labute approximate surface area is 106 Å². The molecule has 0 aromatic rings. The van der Waals surface area contributed by atoms with Gasteiger partial charge in [0.1, 0.15) is 0 Å². The van der Waals surface area contributed by atoms with Crippen molar-refractivity contribution in [3.63, 3.8) is 0 Å². The van der Waals surface area contributed by atoms with Crippen molar-refractivity contribution < 1.29 is 14.3 Å². The maximum absolute atomic E-state index is 11.6. The summed E-state index contributed by atoms with van der Waals surface area (Å²) in [5.41, 5.74) is 5.31. The first-order valence-electron chi connectivity index (χ1n) is 5.52. The van der Waals surface area contributed by atoms with Gasteiger partial charge in [-0.05, 0) is 6.92 Å². The third-order valence-electron chi connectivity index (χ3n) is 2.48. The van der Waals surface area contributed by atoms with E-state index in [0.29, 0.717) is 32.8 Å². The van der Waals surface area contributed by atoms with Crippen LogP contribution in [0.5, 0.6) is 0 Å². The molecule has 0 atom stereocenters. The van der Waals surface area contributed by atoms with Gasteiger partial charge in [0.15, 0.2) is 0 Å². The topological polar surface area (TPSA) is 75.9 Å². The Balaban J connectivity index is 2.37. The minimum atomic E-state index is -0.325. The number of hydrogen-bond donors (Lipinski definition) is 1. The van der Waals surface area contributed by atoms with E-state index in [2.05, 4.69) is 12.2 Å². The summed E-state index contributed by atoms with van der Waals surface area (Å²) in [5, 5.41) is 0. The molecule has 96 valence electrons. The summed E-state index contributed by atoms with van der Waals surface area (Å²) in [7, 11) is 0. The smallest absolute Gasteiger partial charge is 0.409 e. The molecule has 0 aliphatic carbocycles. The number of rotatable bonds is 3. The van der Waals surface area contributed by atoms with Gasteiger partial charge in [-0.3, -0.25) is 4.79 Å². The first kappa shape index (κ1) is 13.7. The average molecular weight is 259 g/mol. The molecule has 17 heavy (non-hydrogen) atoms. The van der Waals surface area contributed by atoms with E-state index in [1.807, 2.05) is 0 Å². The number of nitrogens with two attached hydrogens (primary N) is 1. The maximum Gasteiger partial charge on any atom is 0.409 e. The predicted octanol–water partition coefficient (Wildman–Crippen LogP) is -0.0367. The third kappa shape index (κ3) is 4.18. The van der Waals surface area contributed by atoms with Gasteiger partial charge in [0, 0.05) is 26.2 Å². The molecule has 1 fully saturated rings. The van der Waals surface area contributed by atoms with Gasteiger partial charge in [0.25, 0.3) is 0 Å². The summed E-state index contributed by atoms with van der Waals surface area (Å²) in [6.07, 6.45) is -0.233. The van der Waals surface area contributed by atoms with Crippen molar-refractivity contribution in [2.24, 2.45) is 5.73 Å². The molecule has 0 bridgehead atoms. The quantitative estimate of drug-likeness (QED) is 0.720. The van der Waals surface area contributed by atoms with E-state index in [-0.39, 0.29) is 23.4 Å². The van der Waals surface area contributed by atoms with Crippen LogP contribution < -0.4 is 5.73 Å². The molecule has 1 saturated heterocycles. The van der Waals surface area contributed by atoms with E-state index < -0.39 is 0 Å². The average Bonchev–Trinajstić information content (AvgIpc) is 2.28. The van der Waals surface area contributed by atoms with Crippen molar-refractivity contribution in [3.05, 3.63) is 0 Å². The first-order chi connectivity index (χ1) is 8.04. The monoisotopic (exact) mass is 259 g/mol. The highest BCUT2D eigenvalue weighted by molar-refractivity contribution is 7.80. The van der Waals surface area contributed by atoms with Crippen LogP contribution in [0.2, 0.25) is 0 Å². The minimum Gasteiger partial charge on any atom is -0.450 e. The Kier molecular flexibility index (Phi) is 5.14. The number of piperazine rings is 1. The van der Waals surface area contributed by atoms with Gasteiger partial charge in [0.2, 0.25) is 5.91 Å². The summed E-state index contributed by atoms with van der Waals surface area (Å²) < 4.78 is 4.88. The summed E-state index contributed by atoms with van der Waals surface area (Å²) in [6, 6.07) is 0. The number of nitrogens with zero attached hydrogens (tertiary/aromatic N) is 2. The molecule has 0 spiro atoms. The molecular weight excluding hydrogens is 242 g/mol.